The van der Waals surface area contributed by atoms with Gasteiger partial charge < -0.3 is 5.11 Å². The summed E-state index contributed by atoms with van der Waals surface area (Å²) in [5.74, 6) is -1.32. The Balaban J connectivity index is 2.42. The fraction of sp³-hybridized carbons (Fsp3) is 0.500. The van der Waals surface area contributed by atoms with Gasteiger partial charge in [0.05, 0.1) is 5.51 Å². The number of hydrogen-bond donors (Lipinski definition) is 1. The molecule has 0 bridgehead atoms. The molecule has 88 valence electrons. The van der Waals surface area contributed by atoms with Gasteiger partial charge in [0.25, 0.3) is 10.0 Å². The second kappa shape index (κ2) is 3.79. The van der Waals surface area contributed by atoms with Gasteiger partial charge in [-0.25, -0.2) is 18.2 Å². The number of aromatic carboxylic acids is 1. The largest absolute Gasteiger partial charge is 0.476 e. The Morgan fingerprint density at radius 1 is 1.62 bits per heavy atom. The number of sulfonamides is 1. The fourth-order valence-corrected chi connectivity index (χ4v) is 4.05. The summed E-state index contributed by atoms with van der Waals surface area (Å²) in [6.45, 7) is 0. The van der Waals surface area contributed by atoms with Gasteiger partial charge in [-0.2, -0.15) is 4.31 Å². The number of carbonyl (C=O) groups is 1. The van der Waals surface area contributed by atoms with Crippen LogP contribution in [0.2, 0.25) is 0 Å². The molecule has 6 nitrogen and oxygen atoms in total. The third-order valence-corrected chi connectivity index (χ3v) is 5.67. The van der Waals surface area contributed by atoms with Crippen molar-refractivity contribution in [2.45, 2.75) is 23.1 Å². The molecule has 1 fully saturated rings. The summed E-state index contributed by atoms with van der Waals surface area (Å²) in [6, 6.07) is 0.00810. The van der Waals surface area contributed by atoms with E-state index >= 15 is 0 Å². The lowest BCUT2D eigenvalue weighted by atomic mass is 10.5. The maximum absolute atomic E-state index is 12.0. The summed E-state index contributed by atoms with van der Waals surface area (Å²) in [5, 5.41) is 8.82. The van der Waals surface area contributed by atoms with Crippen LogP contribution < -0.4 is 0 Å². The molecule has 1 saturated carbocycles. The van der Waals surface area contributed by atoms with Gasteiger partial charge in [0.2, 0.25) is 0 Å². The van der Waals surface area contributed by atoms with Gasteiger partial charge in [0.1, 0.15) is 0 Å². The minimum absolute atomic E-state index is 0.00810. The Bertz CT molecular complexity index is 518. The zero-order chi connectivity index (χ0) is 11.9. The Morgan fingerprint density at radius 3 is 2.75 bits per heavy atom. The van der Waals surface area contributed by atoms with Gasteiger partial charge in [0.15, 0.2) is 9.90 Å². The molecule has 1 aliphatic carbocycles. The number of carboxylic acids is 1. The molecule has 0 spiro atoms. The Labute approximate surface area is 96.6 Å². The second-order valence-electron chi connectivity index (χ2n) is 3.55. The standard InChI is InChI=1S/C8H10N2O4S2/c1-10(5-2-3-5)16(13,14)8-6(7(11)12)9-4-15-8/h4-5H,2-3H2,1H3,(H,11,12). The number of hydrogen-bond acceptors (Lipinski definition) is 5. The van der Waals surface area contributed by atoms with Crippen LogP contribution in [0.25, 0.3) is 0 Å². The minimum Gasteiger partial charge on any atom is -0.476 e. The maximum Gasteiger partial charge on any atom is 0.356 e. The SMILES string of the molecule is CN(C1CC1)S(=O)(=O)c1scnc1C(=O)O. The molecule has 0 saturated heterocycles. The van der Waals surface area contributed by atoms with Crippen LogP contribution in [0.5, 0.6) is 0 Å². The molecule has 0 radical (unpaired) electrons. The maximum atomic E-state index is 12.0. The number of carboxylic acid groups (broad SMARTS) is 1. The predicted molar refractivity (Wildman–Crippen MR) is 57.0 cm³/mol. The molecular weight excluding hydrogens is 252 g/mol. The van der Waals surface area contributed by atoms with Crippen LogP contribution >= 0.6 is 11.3 Å². The smallest absolute Gasteiger partial charge is 0.356 e. The lowest BCUT2D eigenvalue weighted by Crippen LogP contribution is -2.29. The van der Waals surface area contributed by atoms with Crippen LogP contribution in [0.1, 0.15) is 23.3 Å². The zero-order valence-corrected chi connectivity index (χ0v) is 10.1. The quantitative estimate of drug-likeness (QED) is 0.859. The Kier molecular flexibility index (Phi) is 2.72. The Morgan fingerprint density at radius 2 is 2.25 bits per heavy atom. The number of thiazole rings is 1. The van der Waals surface area contributed by atoms with E-state index in [2.05, 4.69) is 4.98 Å². The van der Waals surface area contributed by atoms with Gasteiger partial charge in [-0.1, -0.05) is 0 Å². The predicted octanol–water partition coefficient (Wildman–Crippen LogP) is 0.624. The van der Waals surface area contributed by atoms with E-state index in [0.29, 0.717) is 0 Å². The summed E-state index contributed by atoms with van der Waals surface area (Å²) >= 11 is 0.837. The lowest BCUT2D eigenvalue weighted by molar-refractivity contribution is 0.0687. The molecule has 0 aromatic carbocycles. The van der Waals surface area contributed by atoms with E-state index in [4.69, 9.17) is 5.11 Å². The molecule has 1 aromatic heterocycles. The van der Waals surface area contributed by atoms with Crippen LogP contribution in [-0.2, 0) is 10.0 Å². The summed E-state index contributed by atoms with van der Waals surface area (Å²) < 4.78 is 25.1. The third kappa shape index (κ3) is 1.83. The molecule has 8 heteroatoms. The first-order chi connectivity index (χ1) is 7.44. The molecular formula is C8H10N2O4S2. The summed E-state index contributed by atoms with van der Waals surface area (Å²) in [7, 11) is -2.23. The molecule has 2 rings (SSSR count). The van der Waals surface area contributed by atoms with Crippen LogP contribution in [0, 0.1) is 0 Å². The van der Waals surface area contributed by atoms with E-state index in [1.165, 1.54) is 16.9 Å². The summed E-state index contributed by atoms with van der Waals surface area (Å²) in [4.78, 5) is 14.4. The van der Waals surface area contributed by atoms with E-state index in [-0.39, 0.29) is 10.3 Å². The first-order valence-corrected chi connectivity index (χ1v) is 6.91. The molecule has 0 aliphatic heterocycles. The highest BCUT2D eigenvalue weighted by Gasteiger charge is 2.38. The van der Waals surface area contributed by atoms with Crippen molar-refractivity contribution in [3.05, 3.63) is 11.2 Å². The highest BCUT2D eigenvalue weighted by atomic mass is 32.2. The van der Waals surface area contributed by atoms with Crippen LogP contribution in [0.15, 0.2) is 9.72 Å². The third-order valence-electron chi connectivity index (χ3n) is 2.41. The first kappa shape index (κ1) is 11.5. The van der Waals surface area contributed by atoms with Crippen LogP contribution in [0.4, 0.5) is 0 Å². The van der Waals surface area contributed by atoms with E-state index in [1.807, 2.05) is 0 Å². The molecule has 16 heavy (non-hydrogen) atoms. The van der Waals surface area contributed by atoms with Crippen molar-refractivity contribution in [1.82, 2.24) is 9.29 Å². The van der Waals surface area contributed by atoms with Gasteiger partial charge >= 0.3 is 5.97 Å². The molecule has 1 N–H and O–H groups in total. The van der Waals surface area contributed by atoms with Crippen molar-refractivity contribution >= 4 is 27.3 Å². The van der Waals surface area contributed by atoms with Gasteiger partial charge in [-0.15, -0.1) is 11.3 Å². The molecule has 1 aliphatic rings. The molecule has 0 unspecified atom stereocenters. The molecule has 1 heterocycles. The normalized spacial score (nSPS) is 16.6. The average Bonchev–Trinajstić information content (AvgIpc) is 2.92. The van der Waals surface area contributed by atoms with Crippen molar-refractivity contribution in [2.24, 2.45) is 0 Å². The number of rotatable bonds is 4. The number of aromatic nitrogens is 1. The highest BCUT2D eigenvalue weighted by Crippen LogP contribution is 2.32. The van der Waals surface area contributed by atoms with Gasteiger partial charge in [-0.3, -0.25) is 0 Å². The first-order valence-electron chi connectivity index (χ1n) is 4.59. The van der Waals surface area contributed by atoms with Crippen molar-refractivity contribution in [3.63, 3.8) is 0 Å². The van der Waals surface area contributed by atoms with Gasteiger partial charge in [-0.05, 0) is 12.8 Å². The average molecular weight is 262 g/mol. The van der Waals surface area contributed by atoms with Crippen molar-refractivity contribution < 1.29 is 18.3 Å². The summed E-state index contributed by atoms with van der Waals surface area (Å²) in [6.07, 6.45) is 1.66. The topological polar surface area (TPSA) is 87.6 Å². The molecule has 0 atom stereocenters. The number of nitrogens with zero attached hydrogens (tertiary/aromatic N) is 2. The van der Waals surface area contributed by atoms with Crippen molar-refractivity contribution in [3.8, 4) is 0 Å². The van der Waals surface area contributed by atoms with E-state index < -0.39 is 21.7 Å². The minimum atomic E-state index is -3.70. The van der Waals surface area contributed by atoms with Gasteiger partial charge in [0, 0.05) is 13.1 Å². The van der Waals surface area contributed by atoms with Crippen LogP contribution in [0.3, 0.4) is 0 Å². The Hall–Kier alpha value is -0.990. The fourth-order valence-electron chi connectivity index (χ4n) is 1.33. The van der Waals surface area contributed by atoms with Crippen molar-refractivity contribution in [2.75, 3.05) is 7.05 Å². The van der Waals surface area contributed by atoms with E-state index in [0.717, 1.165) is 24.2 Å². The van der Waals surface area contributed by atoms with E-state index in [1.54, 1.807) is 0 Å². The monoisotopic (exact) mass is 262 g/mol. The van der Waals surface area contributed by atoms with E-state index in [9.17, 15) is 13.2 Å². The van der Waals surface area contributed by atoms with Crippen molar-refractivity contribution in [1.29, 1.82) is 0 Å². The summed E-state index contributed by atoms with van der Waals surface area (Å²) in [5.41, 5.74) is 0.842. The highest BCUT2D eigenvalue weighted by molar-refractivity contribution is 7.91. The zero-order valence-electron chi connectivity index (χ0n) is 8.45. The van der Waals surface area contributed by atoms with Crippen LogP contribution in [-0.4, -0.2) is 41.9 Å². The second-order valence-corrected chi connectivity index (χ2v) is 6.59. The molecule has 0 amide bonds. The molecule has 1 aromatic rings. The lowest BCUT2D eigenvalue weighted by Gasteiger charge is -2.14.